The van der Waals surface area contributed by atoms with Crippen LogP contribution in [0.4, 0.5) is 0 Å². The highest BCUT2D eigenvalue weighted by Crippen LogP contribution is 2.78. The number of fused-ring (bicyclic) bond motifs is 1. The molecule has 9 unspecified atom stereocenters. The smallest absolute Gasteiger partial charge is 0.211 e. The van der Waals surface area contributed by atoms with E-state index >= 15 is 0 Å². The number of allylic oxidation sites excluding steroid dienone is 4. The molecule has 7 nitrogen and oxygen atoms in total. The maximum Gasteiger partial charge on any atom is 0.211 e. The third-order valence-corrected chi connectivity index (χ3v) is 14.5. The Kier molecular flexibility index (Phi) is 6.82. The van der Waals surface area contributed by atoms with E-state index in [1.165, 1.54) is 10.6 Å². The first kappa shape index (κ1) is 29.8. The van der Waals surface area contributed by atoms with Gasteiger partial charge in [-0.1, -0.05) is 62.4 Å². The minimum atomic E-state index is -3.58. The molecule has 2 N–H and O–H groups in total. The standard InChI is InChI=1S/C35H47NO6S/c1-31-14-11-25(37)20-33(31)17-18-35(27(21-33)30(38)24-8-5-4-6-9-24)28(31)12-15-32(2)29(35)13-16-34(32,39)23-36(43(3,40)41)22-26-10-7-19-42-26/h4-6,8-9,17-18,21,25-26,28-29,37,39H,7,10-16,19-20,22-23H2,1-3H3. The van der Waals surface area contributed by atoms with Crippen molar-refractivity contribution in [2.75, 3.05) is 26.0 Å². The van der Waals surface area contributed by atoms with Gasteiger partial charge < -0.3 is 14.9 Å². The summed E-state index contributed by atoms with van der Waals surface area (Å²) in [5.41, 5.74) is -1.40. The average molecular weight is 610 g/mol. The van der Waals surface area contributed by atoms with Gasteiger partial charge in [-0.2, -0.15) is 4.31 Å². The van der Waals surface area contributed by atoms with E-state index in [2.05, 4.69) is 32.1 Å². The molecule has 1 saturated heterocycles. The van der Waals surface area contributed by atoms with E-state index < -0.39 is 32.6 Å². The van der Waals surface area contributed by atoms with E-state index in [9.17, 15) is 23.4 Å². The van der Waals surface area contributed by atoms with E-state index in [1.54, 1.807) is 0 Å². The molecule has 8 rings (SSSR count). The zero-order chi connectivity index (χ0) is 30.5. The van der Waals surface area contributed by atoms with Gasteiger partial charge in [0.25, 0.3) is 0 Å². The Morgan fingerprint density at radius 2 is 1.70 bits per heavy atom. The molecule has 2 spiro atoms. The predicted molar refractivity (Wildman–Crippen MR) is 165 cm³/mol. The summed E-state index contributed by atoms with van der Waals surface area (Å²) in [6.07, 6.45) is 14.4. The van der Waals surface area contributed by atoms with Gasteiger partial charge in [0.15, 0.2) is 5.78 Å². The van der Waals surface area contributed by atoms with Crippen LogP contribution in [-0.2, 0) is 14.8 Å². The molecule has 1 aliphatic heterocycles. The summed E-state index contributed by atoms with van der Waals surface area (Å²) in [6.45, 7) is 5.48. The van der Waals surface area contributed by atoms with Gasteiger partial charge in [0.2, 0.25) is 10.0 Å². The monoisotopic (exact) mass is 609 g/mol. The van der Waals surface area contributed by atoms with Gasteiger partial charge in [-0.15, -0.1) is 0 Å². The van der Waals surface area contributed by atoms with Crippen LogP contribution in [0.3, 0.4) is 0 Å². The molecule has 1 aromatic carbocycles. The minimum absolute atomic E-state index is 0.0231. The molecule has 43 heavy (non-hydrogen) atoms. The molecule has 0 amide bonds. The van der Waals surface area contributed by atoms with Crippen LogP contribution in [0.5, 0.6) is 0 Å². The topological polar surface area (TPSA) is 104 Å². The number of hydrogen-bond donors (Lipinski definition) is 2. The number of ether oxygens (including phenoxy) is 1. The van der Waals surface area contributed by atoms with Crippen molar-refractivity contribution in [3.63, 3.8) is 0 Å². The first-order valence-electron chi connectivity index (χ1n) is 16.3. The summed E-state index contributed by atoms with van der Waals surface area (Å²) in [4.78, 5) is 14.5. The van der Waals surface area contributed by atoms with Crippen LogP contribution in [0.2, 0.25) is 0 Å². The zero-order valence-corrected chi connectivity index (χ0v) is 26.6. The maximum absolute atomic E-state index is 14.5. The van der Waals surface area contributed by atoms with Gasteiger partial charge in [0.1, 0.15) is 0 Å². The lowest BCUT2D eigenvalue weighted by Gasteiger charge is -2.71. The summed E-state index contributed by atoms with van der Waals surface area (Å²) in [7, 11) is -3.58. The van der Waals surface area contributed by atoms with E-state index in [1.807, 2.05) is 30.3 Å². The molecule has 6 aliphatic carbocycles. The van der Waals surface area contributed by atoms with Crippen LogP contribution in [0, 0.1) is 33.5 Å². The van der Waals surface area contributed by atoms with Crippen LogP contribution < -0.4 is 0 Å². The Morgan fingerprint density at radius 3 is 2.40 bits per heavy atom. The molecule has 7 aliphatic rings. The van der Waals surface area contributed by atoms with Crippen molar-refractivity contribution in [3.05, 3.63) is 59.7 Å². The number of Topliss-reactive ketones (excluding diaryl/α,β-unsaturated/α-hetero) is 1. The van der Waals surface area contributed by atoms with Crippen molar-refractivity contribution in [1.29, 1.82) is 0 Å². The Labute approximate surface area is 256 Å². The number of sulfonamides is 1. The van der Waals surface area contributed by atoms with Crippen LogP contribution in [-0.4, -0.2) is 72.5 Å². The van der Waals surface area contributed by atoms with Crippen molar-refractivity contribution < 1.29 is 28.2 Å². The molecule has 1 heterocycles. The zero-order valence-electron chi connectivity index (χ0n) is 25.8. The van der Waals surface area contributed by atoms with Crippen LogP contribution in [0.1, 0.15) is 82.0 Å². The van der Waals surface area contributed by atoms with Gasteiger partial charge in [-0.25, -0.2) is 8.42 Å². The minimum Gasteiger partial charge on any atom is -0.393 e. The van der Waals surface area contributed by atoms with E-state index in [0.717, 1.165) is 50.5 Å². The van der Waals surface area contributed by atoms with Gasteiger partial charge in [-0.3, -0.25) is 4.79 Å². The molecule has 234 valence electrons. The summed E-state index contributed by atoms with van der Waals surface area (Å²) in [5.74, 6) is 0.209. The number of ketones is 1. The number of carbonyl (C=O) groups excluding carboxylic acids is 1. The molecule has 0 aromatic heterocycles. The van der Waals surface area contributed by atoms with Gasteiger partial charge >= 0.3 is 0 Å². The third kappa shape index (κ3) is 4.12. The Hall–Kier alpha value is -1.84. The Bertz CT molecular complexity index is 1470. The molecular formula is C35H47NO6S. The van der Waals surface area contributed by atoms with E-state index in [0.29, 0.717) is 25.0 Å². The first-order valence-corrected chi connectivity index (χ1v) is 18.1. The summed E-state index contributed by atoms with van der Waals surface area (Å²) in [6, 6.07) is 9.50. The molecule has 1 aromatic rings. The molecule has 0 radical (unpaired) electrons. The fraction of sp³-hybridized carbons (Fsp3) is 0.686. The first-order chi connectivity index (χ1) is 20.3. The molecule has 4 fully saturated rings. The van der Waals surface area contributed by atoms with Crippen LogP contribution >= 0.6 is 0 Å². The fourth-order valence-electron chi connectivity index (χ4n) is 11.0. The van der Waals surface area contributed by atoms with Crippen molar-refractivity contribution in [3.8, 4) is 0 Å². The largest absolute Gasteiger partial charge is 0.393 e. The number of rotatable bonds is 7. The normalized spacial score (nSPS) is 45.0. The highest BCUT2D eigenvalue weighted by atomic mass is 32.2. The van der Waals surface area contributed by atoms with E-state index in [4.69, 9.17) is 4.74 Å². The molecular weight excluding hydrogens is 562 g/mol. The second kappa shape index (κ2) is 9.83. The fourth-order valence-corrected chi connectivity index (χ4v) is 11.9. The van der Waals surface area contributed by atoms with Crippen molar-refractivity contribution in [2.45, 2.75) is 89.4 Å². The molecule has 2 bridgehead atoms. The lowest BCUT2D eigenvalue weighted by molar-refractivity contribution is -0.174. The van der Waals surface area contributed by atoms with Gasteiger partial charge in [0.05, 0.1) is 24.1 Å². The second-order valence-corrected chi connectivity index (χ2v) is 17.2. The predicted octanol–water partition coefficient (Wildman–Crippen LogP) is 4.90. The average Bonchev–Trinajstić information content (AvgIpc) is 3.58. The lowest BCUT2D eigenvalue weighted by atomic mass is 9.32. The van der Waals surface area contributed by atoms with E-state index in [-0.39, 0.29) is 47.6 Å². The van der Waals surface area contributed by atoms with Crippen LogP contribution in [0.25, 0.3) is 0 Å². The summed E-state index contributed by atoms with van der Waals surface area (Å²) >= 11 is 0. The van der Waals surface area contributed by atoms with Crippen LogP contribution in [0.15, 0.2) is 54.1 Å². The summed E-state index contributed by atoms with van der Waals surface area (Å²) in [5, 5.41) is 23.5. The number of carbonyl (C=O) groups is 1. The quantitative estimate of drug-likeness (QED) is 0.337. The van der Waals surface area contributed by atoms with Crippen molar-refractivity contribution in [1.82, 2.24) is 4.31 Å². The number of benzene rings is 1. The Morgan fingerprint density at radius 1 is 1.00 bits per heavy atom. The lowest BCUT2D eigenvalue weighted by Crippen LogP contribution is -2.67. The molecule has 9 atom stereocenters. The van der Waals surface area contributed by atoms with Gasteiger partial charge in [-0.05, 0) is 75.0 Å². The number of hydrogen-bond acceptors (Lipinski definition) is 6. The van der Waals surface area contributed by atoms with Crippen molar-refractivity contribution >= 4 is 15.8 Å². The highest BCUT2D eigenvalue weighted by molar-refractivity contribution is 7.88. The number of nitrogens with zero attached hydrogens (tertiary/aromatic N) is 1. The van der Waals surface area contributed by atoms with Crippen molar-refractivity contribution in [2.24, 2.45) is 33.5 Å². The maximum atomic E-state index is 14.5. The highest BCUT2D eigenvalue weighted by Gasteiger charge is 2.74. The SMILES string of the molecule is CC12CCC(O)CC13C=CC1(C(C(=O)c4ccccc4)=C3)C2CCC2(C)C1CCC2(O)CN(CC1CCCO1)S(C)(=O)=O. The Balaban J connectivity index is 1.32. The molecule has 3 saturated carbocycles. The molecule has 8 heteroatoms. The second-order valence-electron chi connectivity index (χ2n) is 15.2. The number of aliphatic hydroxyl groups is 2. The van der Waals surface area contributed by atoms with Gasteiger partial charge in [0, 0.05) is 47.1 Å². The third-order valence-electron chi connectivity index (χ3n) is 13.3. The summed E-state index contributed by atoms with van der Waals surface area (Å²) < 4.78 is 33.4. The number of aliphatic hydroxyl groups excluding tert-OH is 1.